The molecule has 1 aromatic carbocycles. The van der Waals surface area contributed by atoms with Crippen LogP contribution < -0.4 is 15.5 Å². The molecule has 1 atom stereocenters. The van der Waals surface area contributed by atoms with E-state index in [4.69, 9.17) is 4.52 Å². The second-order valence-corrected chi connectivity index (χ2v) is 6.42. The monoisotopic (exact) mass is 378 g/mol. The molecule has 1 aliphatic rings. The van der Waals surface area contributed by atoms with E-state index in [9.17, 15) is 8.78 Å². The zero-order valence-electron chi connectivity index (χ0n) is 15.5. The van der Waals surface area contributed by atoms with Gasteiger partial charge in [-0.05, 0) is 32.4 Å². The van der Waals surface area contributed by atoms with E-state index in [2.05, 4.69) is 25.8 Å². The number of aromatic nitrogens is 2. The van der Waals surface area contributed by atoms with Gasteiger partial charge in [0.2, 0.25) is 5.89 Å². The Hall–Kier alpha value is -2.71. The van der Waals surface area contributed by atoms with Gasteiger partial charge in [-0.15, -0.1) is 0 Å². The van der Waals surface area contributed by atoms with Crippen molar-refractivity contribution in [3.63, 3.8) is 0 Å². The summed E-state index contributed by atoms with van der Waals surface area (Å²) in [7, 11) is 0. The number of aryl methyl sites for hydroxylation is 1. The number of halogens is 2. The molecule has 0 saturated carbocycles. The molecule has 1 aromatic heterocycles. The van der Waals surface area contributed by atoms with Crippen molar-refractivity contribution >= 4 is 11.6 Å². The van der Waals surface area contributed by atoms with Crippen LogP contribution in [0, 0.1) is 18.6 Å². The number of nitrogens with one attached hydrogen (secondary N) is 2. The highest BCUT2D eigenvalue weighted by Crippen LogP contribution is 2.24. The molecule has 146 valence electrons. The lowest BCUT2D eigenvalue weighted by atomic mass is 10.2. The van der Waals surface area contributed by atoms with Gasteiger partial charge in [-0.25, -0.2) is 8.78 Å². The van der Waals surface area contributed by atoms with Gasteiger partial charge in [-0.2, -0.15) is 4.98 Å². The van der Waals surface area contributed by atoms with Crippen LogP contribution in [0.15, 0.2) is 27.7 Å². The van der Waals surface area contributed by atoms with E-state index in [-0.39, 0.29) is 6.04 Å². The van der Waals surface area contributed by atoms with Crippen LogP contribution in [0.5, 0.6) is 0 Å². The number of aliphatic imine (C=N–C) groups is 1. The molecule has 0 amide bonds. The number of hydrogen-bond donors (Lipinski definition) is 2. The molecule has 1 unspecified atom stereocenters. The van der Waals surface area contributed by atoms with Gasteiger partial charge in [0.05, 0.1) is 12.2 Å². The Bertz CT molecular complexity index is 794. The number of hydrogen-bond acceptors (Lipinski definition) is 5. The van der Waals surface area contributed by atoms with Gasteiger partial charge >= 0.3 is 0 Å². The smallest absolute Gasteiger partial charge is 0.228 e. The third-order valence-electron chi connectivity index (χ3n) is 4.29. The predicted octanol–water partition coefficient (Wildman–Crippen LogP) is 2.03. The molecule has 3 rings (SSSR count). The minimum Gasteiger partial charge on any atom is -0.367 e. The molecule has 2 N–H and O–H groups in total. The fraction of sp³-hybridized carbons (Fsp3) is 0.500. The quantitative estimate of drug-likeness (QED) is 0.592. The van der Waals surface area contributed by atoms with E-state index in [0.29, 0.717) is 49.4 Å². The van der Waals surface area contributed by atoms with Crippen LogP contribution in [-0.2, 0) is 6.42 Å². The minimum atomic E-state index is -0.567. The molecule has 1 fully saturated rings. The van der Waals surface area contributed by atoms with Crippen molar-refractivity contribution < 1.29 is 13.3 Å². The van der Waals surface area contributed by atoms with Crippen molar-refractivity contribution in [1.82, 2.24) is 20.8 Å². The number of guanidine groups is 1. The third kappa shape index (κ3) is 5.15. The second-order valence-electron chi connectivity index (χ2n) is 6.42. The average Bonchev–Trinajstić information content (AvgIpc) is 3.24. The van der Waals surface area contributed by atoms with Gasteiger partial charge in [0.15, 0.2) is 11.8 Å². The summed E-state index contributed by atoms with van der Waals surface area (Å²) in [4.78, 5) is 10.6. The van der Waals surface area contributed by atoms with Crippen LogP contribution in [0.1, 0.15) is 25.1 Å². The normalized spacial score (nSPS) is 17.4. The Morgan fingerprint density at radius 2 is 2.26 bits per heavy atom. The first-order valence-electron chi connectivity index (χ1n) is 9.09. The lowest BCUT2D eigenvalue weighted by Crippen LogP contribution is -2.44. The first kappa shape index (κ1) is 19.1. The van der Waals surface area contributed by atoms with Crippen LogP contribution in [0.4, 0.5) is 14.5 Å². The van der Waals surface area contributed by atoms with E-state index in [1.165, 1.54) is 12.1 Å². The van der Waals surface area contributed by atoms with Crippen molar-refractivity contribution in [3.05, 3.63) is 41.5 Å². The topological polar surface area (TPSA) is 78.6 Å². The molecule has 2 aromatic rings. The molecule has 1 saturated heterocycles. The number of nitrogens with zero attached hydrogens (tertiary/aromatic N) is 4. The molecule has 27 heavy (non-hydrogen) atoms. The first-order valence-corrected chi connectivity index (χ1v) is 9.09. The summed E-state index contributed by atoms with van der Waals surface area (Å²) in [5, 5.41) is 10.3. The Balaban J connectivity index is 1.55. The summed E-state index contributed by atoms with van der Waals surface area (Å²) in [5.41, 5.74) is 0.425. The van der Waals surface area contributed by atoms with E-state index in [1.807, 2.05) is 11.8 Å². The Morgan fingerprint density at radius 3 is 2.96 bits per heavy atom. The van der Waals surface area contributed by atoms with Crippen LogP contribution in [0.25, 0.3) is 0 Å². The van der Waals surface area contributed by atoms with Crippen molar-refractivity contribution in [2.45, 2.75) is 32.7 Å². The summed E-state index contributed by atoms with van der Waals surface area (Å²) in [6.07, 6.45) is 1.40. The summed E-state index contributed by atoms with van der Waals surface area (Å²) in [5.74, 6) is 0.762. The summed E-state index contributed by atoms with van der Waals surface area (Å²) in [6.45, 7) is 6.33. The fourth-order valence-electron chi connectivity index (χ4n) is 3.05. The van der Waals surface area contributed by atoms with Crippen molar-refractivity contribution in [3.8, 4) is 0 Å². The molecule has 2 heterocycles. The Labute approximate surface area is 156 Å². The molecule has 9 heteroatoms. The third-order valence-corrected chi connectivity index (χ3v) is 4.29. The lowest BCUT2D eigenvalue weighted by molar-refractivity contribution is 0.376. The van der Waals surface area contributed by atoms with Gasteiger partial charge in [-0.3, -0.25) is 4.99 Å². The van der Waals surface area contributed by atoms with Crippen molar-refractivity contribution in [2.75, 3.05) is 31.1 Å². The molecule has 0 spiro atoms. The molecule has 7 nitrogen and oxygen atoms in total. The van der Waals surface area contributed by atoms with E-state index in [0.717, 1.165) is 19.0 Å². The summed E-state index contributed by atoms with van der Waals surface area (Å²) >= 11 is 0. The van der Waals surface area contributed by atoms with Gasteiger partial charge in [0.1, 0.15) is 11.6 Å². The summed E-state index contributed by atoms with van der Waals surface area (Å²) < 4.78 is 32.2. The maximum atomic E-state index is 14.0. The molecule has 1 aliphatic heterocycles. The first-order chi connectivity index (χ1) is 13.0. The maximum absolute atomic E-state index is 14.0. The van der Waals surface area contributed by atoms with Crippen LogP contribution in [-0.4, -0.2) is 48.3 Å². The molecular formula is C18H24F2N6O. The highest BCUT2D eigenvalue weighted by molar-refractivity contribution is 5.80. The van der Waals surface area contributed by atoms with Crippen LogP contribution >= 0.6 is 0 Å². The highest BCUT2D eigenvalue weighted by Gasteiger charge is 2.25. The molecule has 0 aliphatic carbocycles. The predicted molar refractivity (Wildman–Crippen MR) is 98.8 cm³/mol. The molecule has 0 bridgehead atoms. The highest BCUT2D eigenvalue weighted by atomic mass is 19.1. The zero-order chi connectivity index (χ0) is 19.2. The maximum Gasteiger partial charge on any atom is 0.228 e. The Morgan fingerprint density at radius 1 is 1.41 bits per heavy atom. The molecular weight excluding hydrogens is 354 g/mol. The van der Waals surface area contributed by atoms with E-state index in [1.54, 1.807) is 6.92 Å². The van der Waals surface area contributed by atoms with Crippen molar-refractivity contribution in [1.29, 1.82) is 0 Å². The standard InChI is InChI=1S/C18H24F2N6O/c1-3-21-18(22-8-6-17-23-12(2)25-27-17)24-14-7-9-26(11-14)16-5-4-13(19)10-15(16)20/h4-5,10,14H,3,6-9,11H2,1-2H3,(H2,21,22,24). The largest absolute Gasteiger partial charge is 0.367 e. The van der Waals surface area contributed by atoms with Crippen LogP contribution in [0.3, 0.4) is 0 Å². The SMILES string of the molecule is CCNC(=NCCc1nc(C)no1)NC1CCN(c2ccc(F)cc2F)C1. The fourth-order valence-corrected chi connectivity index (χ4v) is 3.05. The number of anilines is 1. The van der Waals surface area contributed by atoms with E-state index >= 15 is 0 Å². The minimum absolute atomic E-state index is 0.123. The number of benzene rings is 1. The zero-order valence-corrected chi connectivity index (χ0v) is 15.5. The lowest BCUT2D eigenvalue weighted by Gasteiger charge is -2.21. The number of rotatable bonds is 6. The van der Waals surface area contributed by atoms with Gasteiger partial charge in [0.25, 0.3) is 0 Å². The Kier molecular flexibility index (Phi) is 6.20. The van der Waals surface area contributed by atoms with Gasteiger partial charge in [-0.1, -0.05) is 5.16 Å². The molecule has 0 radical (unpaired) electrons. The van der Waals surface area contributed by atoms with Gasteiger partial charge in [0, 0.05) is 38.2 Å². The summed E-state index contributed by atoms with van der Waals surface area (Å²) in [6, 6.07) is 3.81. The van der Waals surface area contributed by atoms with Crippen molar-refractivity contribution in [2.24, 2.45) is 4.99 Å². The van der Waals surface area contributed by atoms with Gasteiger partial charge < -0.3 is 20.1 Å². The van der Waals surface area contributed by atoms with Crippen LogP contribution in [0.2, 0.25) is 0 Å². The average molecular weight is 378 g/mol. The second kappa shape index (κ2) is 8.79. The van der Waals surface area contributed by atoms with E-state index < -0.39 is 11.6 Å².